The minimum atomic E-state index is -0.243. The summed E-state index contributed by atoms with van der Waals surface area (Å²) in [5.41, 5.74) is 16.5. The first-order chi connectivity index (χ1) is 15.8. The molecule has 5 heteroatoms. The molecule has 3 aromatic rings. The minimum Gasteiger partial charge on any atom is -0.492 e. The van der Waals surface area contributed by atoms with Crippen molar-refractivity contribution in [2.45, 2.75) is 40.2 Å². The van der Waals surface area contributed by atoms with E-state index in [0.29, 0.717) is 25.1 Å². The number of aryl methyl sites for hydroxylation is 1. The summed E-state index contributed by atoms with van der Waals surface area (Å²) in [5, 5.41) is 7.00. The lowest BCUT2D eigenvalue weighted by atomic mass is 9.98. The van der Waals surface area contributed by atoms with Crippen LogP contribution >= 0.6 is 0 Å². The van der Waals surface area contributed by atoms with E-state index in [1.54, 1.807) is 12.1 Å². The van der Waals surface area contributed by atoms with Gasteiger partial charge in [-0.25, -0.2) is 4.39 Å². The number of benzene rings is 3. The standard InChI is InChI=1S/C21H20FNO.C6H15N.CH4O/c1-15-2-4-16(5-3-15)18-12-19(14-21(13-18)24-11-10-23)17-6-8-20(22)9-7-17;1-4-6(7)5(2)3;1-2/h2-9,12-14H,10-11,23H2,1H3;5-6H,4,7H2,1-3H3;2H,1H3. The molecule has 0 spiro atoms. The van der Waals surface area contributed by atoms with E-state index < -0.39 is 0 Å². The number of aliphatic hydroxyl groups is 1. The van der Waals surface area contributed by atoms with E-state index in [4.69, 9.17) is 21.3 Å². The molecule has 0 aliphatic carbocycles. The third-order valence-electron chi connectivity index (χ3n) is 5.18. The van der Waals surface area contributed by atoms with Crippen LogP contribution in [0.2, 0.25) is 0 Å². The molecule has 33 heavy (non-hydrogen) atoms. The summed E-state index contributed by atoms with van der Waals surface area (Å²) in [6.07, 6.45) is 1.09. The summed E-state index contributed by atoms with van der Waals surface area (Å²) in [4.78, 5) is 0. The Hall–Kier alpha value is -2.73. The third kappa shape index (κ3) is 9.74. The van der Waals surface area contributed by atoms with Crippen LogP contribution in [0.25, 0.3) is 22.3 Å². The zero-order chi connectivity index (χ0) is 24.8. The molecule has 0 aliphatic rings. The molecule has 0 aromatic heterocycles. The fourth-order valence-electron chi connectivity index (χ4n) is 3.05. The fraction of sp³-hybridized carbons (Fsp3) is 0.357. The lowest BCUT2D eigenvalue weighted by Gasteiger charge is -2.12. The zero-order valence-corrected chi connectivity index (χ0v) is 20.5. The Morgan fingerprint density at radius 2 is 1.33 bits per heavy atom. The summed E-state index contributed by atoms with van der Waals surface area (Å²) >= 11 is 0. The first-order valence-electron chi connectivity index (χ1n) is 11.3. The molecule has 0 radical (unpaired) electrons. The highest BCUT2D eigenvalue weighted by molar-refractivity contribution is 5.75. The predicted molar refractivity (Wildman–Crippen MR) is 138 cm³/mol. The van der Waals surface area contributed by atoms with Gasteiger partial charge in [0.15, 0.2) is 0 Å². The summed E-state index contributed by atoms with van der Waals surface area (Å²) in [6, 6.07) is 21.3. The van der Waals surface area contributed by atoms with Crippen molar-refractivity contribution in [3.63, 3.8) is 0 Å². The van der Waals surface area contributed by atoms with Crippen LogP contribution in [-0.4, -0.2) is 31.4 Å². The highest BCUT2D eigenvalue weighted by Crippen LogP contribution is 2.31. The smallest absolute Gasteiger partial charge is 0.123 e. The Balaban J connectivity index is 0.000000520. The van der Waals surface area contributed by atoms with Gasteiger partial charge in [-0.15, -0.1) is 0 Å². The highest BCUT2D eigenvalue weighted by atomic mass is 19.1. The number of ether oxygens (including phenoxy) is 1. The summed E-state index contributed by atoms with van der Waals surface area (Å²) < 4.78 is 18.9. The van der Waals surface area contributed by atoms with Gasteiger partial charge >= 0.3 is 0 Å². The topological polar surface area (TPSA) is 81.5 Å². The molecule has 1 unspecified atom stereocenters. The van der Waals surface area contributed by atoms with Gasteiger partial charge in [-0.3, -0.25) is 0 Å². The second-order valence-corrected chi connectivity index (χ2v) is 8.07. The highest BCUT2D eigenvalue weighted by Gasteiger charge is 2.07. The first-order valence-corrected chi connectivity index (χ1v) is 11.3. The average Bonchev–Trinajstić information content (AvgIpc) is 2.84. The third-order valence-corrected chi connectivity index (χ3v) is 5.18. The van der Waals surface area contributed by atoms with Gasteiger partial charge in [0.1, 0.15) is 18.2 Å². The largest absolute Gasteiger partial charge is 0.492 e. The molecule has 0 amide bonds. The molecule has 0 heterocycles. The number of nitrogens with two attached hydrogens (primary N) is 2. The molecule has 0 aliphatic heterocycles. The first kappa shape index (κ1) is 28.3. The van der Waals surface area contributed by atoms with Crippen LogP contribution in [-0.2, 0) is 0 Å². The molecule has 4 nitrogen and oxygen atoms in total. The molecule has 0 saturated heterocycles. The zero-order valence-electron chi connectivity index (χ0n) is 20.5. The fourth-order valence-corrected chi connectivity index (χ4v) is 3.05. The maximum atomic E-state index is 13.2. The van der Waals surface area contributed by atoms with Crippen molar-refractivity contribution in [3.8, 4) is 28.0 Å². The van der Waals surface area contributed by atoms with Gasteiger partial charge in [0.05, 0.1) is 0 Å². The van der Waals surface area contributed by atoms with Crippen molar-refractivity contribution in [3.05, 3.63) is 78.1 Å². The minimum absolute atomic E-state index is 0.243. The summed E-state index contributed by atoms with van der Waals surface area (Å²) in [5.74, 6) is 1.16. The van der Waals surface area contributed by atoms with Crippen LogP contribution in [0.5, 0.6) is 5.75 Å². The van der Waals surface area contributed by atoms with Gasteiger partial charge in [0, 0.05) is 19.7 Å². The molecule has 0 bridgehead atoms. The quantitative estimate of drug-likeness (QED) is 0.422. The van der Waals surface area contributed by atoms with Crippen LogP contribution in [0, 0.1) is 18.7 Å². The second kappa shape index (κ2) is 15.2. The van der Waals surface area contributed by atoms with E-state index in [0.717, 1.165) is 41.5 Å². The van der Waals surface area contributed by atoms with Crippen LogP contribution in [0.4, 0.5) is 4.39 Å². The molecule has 180 valence electrons. The molecule has 0 saturated carbocycles. The van der Waals surface area contributed by atoms with Gasteiger partial charge in [-0.1, -0.05) is 62.7 Å². The van der Waals surface area contributed by atoms with E-state index in [2.05, 4.69) is 58.0 Å². The number of halogens is 1. The maximum absolute atomic E-state index is 13.2. The van der Waals surface area contributed by atoms with Crippen LogP contribution in [0.15, 0.2) is 66.7 Å². The van der Waals surface area contributed by atoms with E-state index in [1.165, 1.54) is 17.7 Å². The van der Waals surface area contributed by atoms with Crippen LogP contribution in [0.3, 0.4) is 0 Å². The number of hydrogen-bond donors (Lipinski definition) is 3. The number of aliphatic hydroxyl groups excluding tert-OH is 1. The molecule has 1 atom stereocenters. The lowest BCUT2D eigenvalue weighted by molar-refractivity contribution is 0.328. The van der Waals surface area contributed by atoms with Crippen molar-refractivity contribution in [2.24, 2.45) is 17.4 Å². The van der Waals surface area contributed by atoms with Crippen molar-refractivity contribution < 1.29 is 14.2 Å². The SMILES string of the molecule is CCC(N)C(C)C.CO.Cc1ccc(-c2cc(OCCN)cc(-c3ccc(F)cc3)c2)cc1. The molecule has 3 aromatic carbocycles. The lowest BCUT2D eigenvalue weighted by Crippen LogP contribution is -2.24. The van der Waals surface area contributed by atoms with Crippen LogP contribution < -0.4 is 16.2 Å². The van der Waals surface area contributed by atoms with E-state index in [1.807, 2.05) is 12.1 Å². The van der Waals surface area contributed by atoms with Crippen molar-refractivity contribution in [1.29, 1.82) is 0 Å². The molecular formula is C28H39FN2O2. The Labute approximate surface area is 198 Å². The van der Waals surface area contributed by atoms with Crippen molar-refractivity contribution in [1.82, 2.24) is 0 Å². The summed E-state index contributed by atoms with van der Waals surface area (Å²) in [7, 11) is 1.00. The van der Waals surface area contributed by atoms with Gasteiger partial charge in [0.25, 0.3) is 0 Å². The molecule has 0 fully saturated rings. The van der Waals surface area contributed by atoms with Gasteiger partial charge < -0.3 is 21.3 Å². The van der Waals surface area contributed by atoms with Gasteiger partial charge in [-0.2, -0.15) is 0 Å². The van der Waals surface area contributed by atoms with Gasteiger partial charge in [0.2, 0.25) is 0 Å². The summed E-state index contributed by atoms with van der Waals surface area (Å²) in [6.45, 7) is 9.39. The Bertz CT molecular complexity index is 862. The normalized spacial score (nSPS) is 11.1. The number of hydrogen-bond acceptors (Lipinski definition) is 4. The Morgan fingerprint density at radius 3 is 1.73 bits per heavy atom. The van der Waals surface area contributed by atoms with E-state index >= 15 is 0 Å². The monoisotopic (exact) mass is 454 g/mol. The maximum Gasteiger partial charge on any atom is 0.123 e. The molecule has 5 N–H and O–H groups in total. The Kier molecular flexibility index (Phi) is 13.0. The van der Waals surface area contributed by atoms with Gasteiger partial charge in [-0.05, 0) is 71.8 Å². The predicted octanol–water partition coefficient (Wildman–Crippen LogP) is 5.79. The van der Waals surface area contributed by atoms with Crippen molar-refractivity contribution >= 4 is 0 Å². The van der Waals surface area contributed by atoms with E-state index in [-0.39, 0.29) is 5.82 Å². The van der Waals surface area contributed by atoms with Crippen molar-refractivity contribution in [2.75, 3.05) is 20.3 Å². The molecular weight excluding hydrogens is 415 g/mol. The van der Waals surface area contributed by atoms with E-state index in [9.17, 15) is 4.39 Å². The molecule has 3 rings (SSSR count). The number of rotatable bonds is 7. The van der Waals surface area contributed by atoms with Crippen LogP contribution in [0.1, 0.15) is 32.8 Å². The Morgan fingerprint density at radius 1 is 0.848 bits per heavy atom. The second-order valence-electron chi connectivity index (χ2n) is 8.07. The average molecular weight is 455 g/mol.